The fourth-order valence-electron chi connectivity index (χ4n) is 8.72. The highest BCUT2D eigenvalue weighted by Crippen LogP contribution is 2.51. The minimum atomic E-state index is 0.152. The zero-order valence-electron chi connectivity index (χ0n) is 28.0. The minimum absolute atomic E-state index is 0.152. The van der Waals surface area contributed by atoms with Gasteiger partial charge < -0.3 is 4.74 Å². The van der Waals surface area contributed by atoms with Crippen LogP contribution in [0.1, 0.15) is 104 Å². The van der Waals surface area contributed by atoms with Gasteiger partial charge in [0.05, 0.1) is 0 Å². The van der Waals surface area contributed by atoms with Crippen LogP contribution in [0.5, 0.6) is 0 Å². The average Bonchev–Trinajstić information content (AvgIpc) is 3.56. The molecule has 5 unspecified atom stereocenters. The maximum Gasteiger partial charge on any atom is 0.163 e. The lowest BCUT2D eigenvalue weighted by atomic mass is 9.69. The topological polar surface area (TPSA) is 47.9 Å². The summed E-state index contributed by atoms with van der Waals surface area (Å²) in [5, 5.41) is 0. The van der Waals surface area contributed by atoms with Crippen molar-refractivity contribution in [2.75, 3.05) is 0 Å². The van der Waals surface area contributed by atoms with Gasteiger partial charge in [-0.1, -0.05) is 121 Å². The molecule has 0 spiro atoms. The molecule has 0 fully saturated rings. The maximum atomic E-state index is 6.44. The fourth-order valence-corrected chi connectivity index (χ4v) is 8.72. The minimum Gasteiger partial charge on any atom is -0.465 e. The summed E-state index contributed by atoms with van der Waals surface area (Å²) in [6.45, 7) is 0. The molecule has 0 amide bonds. The first-order valence-electron chi connectivity index (χ1n) is 18.4. The number of hydrogen-bond acceptors (Lipinski definition) is 4. The molecule has 2 aromatic rings. The molecule has 4 heteroatoms. The molecule has 1 aliphatic heterocycles. The molecule has 0 radical (unpaired) electrons. The van der Waals surface area contributed by atoms with E-state index in [1.807, 2.05) is 0 Å². The summed E-state index contributed by atoms with van der Waals surface area (Å²) in [6.07, 6.45) is 45.5. The van der Waals surface area contributed by atoms with Gasteiger partial charge in [0.1, 0.15) is 17.3 Å². The van der Waals surface area contributed by atoms with Gasteiger partial charge in [-0.2, -0.15) is 0 Å². The number of allylic oxidation sites excluding steroid dienone is 21. The SMILES string of the molecule is C1=CCC(c2nc(C3=CCCC=C3)nc(C3=CCC(c4ccccc4C4C=CC=CC4)C(C4CC=C5OC6=C(C=CCC6)C5C4)=C3)n2)C=C1. The second-order valence-electron chi connectivity index (χ2n) is 14.3. The van der Waals surface area contributed by atoms with Crippen LogP contribution in [0.2, 0.25) is 0 Å². The molecule has 7 aliphatic rings. The molecule has 4 nitrogen and oxygen atoms in total. The van der Waals surface area contributed by atoms with Crippen LogP contribution in [0.3, 0.4) is 0 Å². The van der Waals surface area contributed by atoms with Crippen molar-refractivity contribution in [3.63, 3.8) is 0 Å². The van der Waals surface area contributed by atoms with Crippen LogP contribution in [0.4, 0.5) is 0 Å². The van der Waals surface area contributed by atoms with Crippen LogP contribution in [0, 0.1) is 11.8 Å². The second kappa shape index (κ2) is 13.2. The molecule has 0 N–H and O–H groups in total. The smallest absolute Gasteiger partial charge is 0.163 e. The Balaban J connectivity index is 1.13. The molecule has 5 atom stereocenters. The first-order chi connectivity index (χ1) is 24.3. The molecular weight excluding hydrogens is 599 g/mol. The molecule has 2 heterocycles. The van der Waals surface area contributed by atoms with E-state index in [0.717, 1.165) is 86.4 Å². The van der Waals surface area contributed by atoms with E-state index in [0.29, 0.717) is 23.7 Å². The Morgan fingerprint density at radius 3 is 2.22 bits per heavy atom. The normalized spacial score (nSPS) is 28.4. The number of rotatable bonds is 6. The van der Waals surface area contributed by atoms with Crippen molar-refractivity contribution >= 4 is 11.1 Å². The first kappa shape index (κ1) is 30.2. The zero-order chi connectivity index (χ0) is 32.6. The van der Waals surface area contributed by atoms with Crippen LogP contribution in [-0.2, 0) is 4.74 Å². The summed E-state index contributed by atoms with van der Waals surface area (Å²) in [7, 11) is 0. The van der Waals surface area contributed by atoms with Crippen molar-refractivity contribution in [3.8, 4) is 0 Å². The van der Waals surface area contributed by atoms with Crippen LogP contribution >= 0.6 is 0 Å². The summed E-state index contributed by atoms with van der Waals surface area (Å²) in [6, 6.07) is 9.18. The van der Waals surface area contributed by atoms with Gasteiger partial charge in [0.25, 0.3) is 0 Å². The molecule has 1 aromatic carbocycles. The fraction of sp³-hybridized carbons (Fsp3) is 0.311. The Morgan fingerprint density at radius 1 is 0.633 bits per heavy atom. The third-order valence-corrected chi connectivity index (χ3v) is 11.2. The molecule has 49 heavy (non-hydrogen) atoms. The van der Waals surface area contributed by atoms with E-state index in [2.05, 4.69) is 121 Å². The summed E-state index contributed by atoms with van der Waals surface area (Å²) in [5.74, 6) is 6.40. The molecule has 9 rings (SSSR count). The van der Waals surface area contributed by atoms with Crippen molar-refractivity contribution in [1.82, 2.24) is 15.0 Å². The van der Waals surface area contributed by atoms with Gasteiger partial charge >= 0.3 is 0 Å². The molecule has 0 bridgehead atoms. The summed E-state index contributed by atoms with van der Waals surface area (Å²) >= 11 is 0. The first-order valence-corrected chi connectivity index (χ1v) is 18.4. The van der Waals surface area contributed by atoms with Gasteiger partial charge in [-0.25, -0.2) is 15.0 Å². The Labute approximate surface area is 290 Å². The number of ether oxygens (including phenoxy) is 1. The predicted molar refractivity (Wildman–Crippen MR) is 198 cm³/mol. The van der Waals surface area contributed by atoms with Crippen molar-refractivity contribution in [2.24, 2.45) is 11.8 Å². The zero-order valence-corrected chi connectivity index (χ0v) is 28.0. The van der Waals surface area contributed by atoms with E-state index in [9.17, 15) is 0 Å². The van der Waals surface area contributed by atoms with Crippen molar-refractivity contribution < 1.29 is 4.74 Å². The lowest BCUT2D eigenvalue weighted by Gasteiger charge is -2.35. The lowest BCUT2D eigenvalue weighted by molar-refractivity contribution is 0.269. The van der Waals surface area contributed by atoms with Crippen LogP contribution in [0.25, 0.3) is 11.1 Å². The van der Waals surface area contributed by atoms with E-state index in [1.165, 1.54) is 33.8 Å². The Bertz CT molecular complexity index is 2010. The van der Waals surface area contributed by atoms with Gasteiger partial charge in [-0.05, 0) is 74.5 Å². The van der Waals surface area contributed by atoms with Crippen molar-refractivity contribution in [3.05, 3.63) is 173 Å². The molecular formula is C45H43N3O. The van der Waals surface area contributed by atoms with Gasteiger partial charge in [0, 0.05) is 46.8 Å². The predicted octanol–water partition coefficient (Wildman–Crippen LogP) is 10.8. The van der Waals surface area contributed by atoms with E-state index in [4.69, 9.17) is 19.7 Å². The van der Waals surface area contributed by atoms with Gasteiger partial charge in [-0.3, -0.25) is 0 Å². The quantitative estimate of drug-likeness (QED) is 0.315. The summed E-state index contributed by atoms with van der Waals surface area (Å²) in [4.78, 5) is 15.5. The van der Waals surface area contributed by atoms with Crippen molar-refractivity contribution in [1.29, 1.82) is 0 Å². The number of aromatic nitrogens is 3. The largest absolute Gasteiger partial charge is 0.465 e. The van der Waals surface area contributed by atoms with E-state index in [-0.39, 0.29) is 5.92 Å². The molecule has 6 aliphatic carbocycles. The van der Waals surface area contributed by atoms with Crippen LogP contribution in [-0.4, -0.2) is 15.0 Å². The number of hydrogen-bond donors (Lipinski definition) is 0. The maximum absolute atomic E-state index is 6.44. The Morgan fingerprint density at radius 2 is 1.43 bits per heavy atom. The molecule has 0 saturated heterocycles. The highest BCUT2D eigenvalue weighted by Gasteiger charge is 2.39. The van der Waals surface area contributed by atoms with E-state index in [1.54, 1.807) is 0 Å². The standard InChI is InChI=1S/C45H43N3O/c1-4-14-30(15-5-1)35-20-10-11-21-36(35)37-26-24-34(29-39(37)33-25-27-42-40(28-33)38-22-12-13-23-41(38)49-42)45-47-43(31-16-6-2-7-17-31)46-44(48-45)32-18-8-3-9-19-32/h1-2,4-8,10-12,14,16,18-22,24,27,29-31,33,37,40H,3,9,13,15,17,23,25-26,28H2. The number of nitrogens with zero attached hydrogens (tertiary/aromatic N) is 3. The van der Waals surface area contributed by atoms with Gasteiger partial charge in [0.15, 0.2) is 11.6 Å². The lowest BCUT2D eigenvalue weighted by Crippen LogP contribution is -2.22. The van der Waals surface area contributed by atoms with Crippen molar-refractivity contribution in [2.45, 2.75) is 75.5 Å². The summed E-state index contributed by atoms with van der Waals surface area (Å²) in [5.41, 5.74) is 8.04. The highest BCUT2D eigenvalue weighted by atomic mass is 16.5. The number of benzene rings is 1. The molecule has 244 valence electrons. The molecule has 0 saturated carbocycles. The number of fused-ring (bicyclic) bond motifs is 2. The van der Waals surface area contributed by atoms with Gasteiger partial charge in [-0.15, -0.1) is 0 Å². The average molecular weight is 642 g/mol. The third kappa shape index (κ3) is 5.92. The molecule has 1 aromatic heterocycles. The van der Waals surface area contributed by atoms with E-state index >= 15 is 0 Å². The Kier molecular flexibility index (Phi) is 8.17. The van der Waals surface area contributed by atoms with Gasteiger partial charge in [0.2, 0.25) is 0 Å². The Hall–Kier alpha value is -4.83. The van der Waals surface area contributed by atoms with Crippen LogP contribution < -0.4 is 0 Å². The monoisotopic (exact) mass is 641 g/mol. The third-order valence-electron chi connectivity index (χ3n) is 11.2. The highest BCUT2D eigenvalue weighted by molar-refractivity contribution is 5.76. The van der Waals surface area contributed by atoms with E-state index < -0.39 is 0 Å². The summed E-state index contributed by atoms with van der Waals surface area (Å²) < 4.78 is 6.44. The van der Waals surface area contributed by atoms with Crippen LogP contribution in [0.15, 0.2) is 144 Å². The second-order valence-corrected chi connectivity index (χ2v) is 14.3.